The topological polar surface area (TPSA) is 29.9 Å². The Hall–Kier alpha value is -1.68. The highest BCUT2D eigenvalue weighted by Gasteiger charge is 2.08. The minimum atomic E-state index is -0.220. The summed E-state index contributed by atoms with van der Waals surface area (Å²) in [4.78, 5) is 0. The van der Waals surface area contributed by atoms with Gasteiger partial charge in [-0.1, -0.05) is 12.1 Å². The van der Waals surface area contributed by atoms with Gasteiger partial charge in [0, 0.05) is 25.4 Å². The molecular formula is C12H14FN3. The fraction of sp³-hybridized carbons (Fsp3) is 0.250. The molecule has 4 heteroatoms. The van der Waals surface area contributed by atoms with Crippen LogP contribution < -0.4 is 5.32 Å². The van der Waals surface area contributed by atoms with E-state index in [1.54, 1.807) is 16.8 Å². The SMILES string of the molecule is CNCc1nn(C)cc1-c1ccc(F)cc1. The summed E-state index contributed by atoms with van der Waals surface area (Å²) in [5.74, 6) is -0.220. The first-order chi connectivity index (χ1) is 7.70. The van der Waals surface area contributed by atoms with Gasteiger partial charge in [0.05, 0.1) is 5.69 Å². The van der Waals surface area contributed by atoms with Crippen molar-refractivity contribution in [2.45, 2.75) is 6.54 Å². The van der Waals surface area contributed by atoms with Gasteiger partial charge in [0.1, 0.15) is 5.82 Å². The predicted octanol–water partition coefficient (Wildman–Crippen LogP) is 1.95. The molecule has 0 saturated heterocycles. The molecule has 2 aromatic rings. The molecule has 1 heterocycles. The largest absolute Gasteiger partial charge is 0.314 e. The van der Waals surface area contributed by atoms with E-state index in [1.807, 2.05) is 20.3 Å². The van der Waals surface area contributed by atoms with Crippen molar-refractivity contribution in [3.63, 3.8) is 0 Å². The van der Waals surface area contributed by atoms with Gasteiger partial charge in [0.25, 0.3) is 0 Å². The van der Waals surface area contributed by atoms with Crippen LogP contribution in [-0.2, 0) is 13.6 Å². The summed E-state index contributed by atoms with van der Waals surface area (Å²) in [5, 5.41) is 7.43. The Labute approximate surface area is 93.9 Å². The van der Waals surface area contributed by atoms with E-state index in [2.05, 4.69) is 10.4 Å². The van der Waals surface area contributed by atoms with Crippen molar-refractivity contribution < 1.29 is 4.39 Å². The molecular weight excluding hydrogens is 205 g/mol. The lowest BCUT2D eigenvalue weighted by Crippen LogP contribution is -2.07. The van der Waals surface area contributed by atoms with Crippen LogP contribution in [0.3, 0.4) is 0 Å². The Kier molecular flexibility index (Phi) is 3.01. The highest BCUT2D eigenvalue weighted by Crippen LogP contribution is 2.22. The minimum Gasteiger partial charge on any atom is -0.314 e. The lowest BCUT2D eigenvalue weighted by molar-refractivity contribution is 0.628. The van der Waals surface area contributed by atoms with Gasteiger partial charge < -0.3 is 5.32 Å². The minimum absolute atomic E-state index is 0.220. The molecule has 0 unspecified atom stereocenters. The number of nitrogens with one attached hydrogen (secondary N) is 1. The second-order valence-corrected chi connectivity index (χ2v) is 3.70. The molecule has 0 radical (unpaired) electrons. The summed E-state index contributed by atoms with van der Waals surface area (Å²) in [6, 6.07) is 6.47. The lowest BCUT2D eigenvalue weighted by atomic mass is 10.1. The van der Waals surface area contributed by atoms with Crippen LogP contribution in [0.15, 0.2) is 30.5 Å². The average molecular weight is 219 g/mol. The predicted molar refractivity (Wildman–Crippen MR) is 61.4 cm³/mol. The molecule has 0 amide bonds. The highest BCUT2D eigenvalue weighted by molar-refractivity contribution is 5.65. The Morgan fingerprint density at radius 2 is 2.00 bits per heavy atom. The van der Waals surface area contributed by atoms with Gasteiger partial charge >= 0.3 is 0 Å². The first-order valence-electron chi connectivity index (χ1n) is 5.14. The number of rotatable bonds is 3. The van der Waals surface area contributed by atoms with E-state index >= 15 is 0 Å². The molecule has 0 spiro atoms. The number of aromatic nitrogens is 2. The summed E-state index contributed by atoms with van der Waals surface area (Å²) in [7, 11) is 3.76. The third kappa shape index (κ3) is 2.12. The quantitative estimate of drug-likeness (QED) is 0.855. The molecule has 0 aliphatic heterocycles. The van der Waals surface area contributed by atoms with Crippen LogP contribution in [0.2, 0.25) is 0 Å². The molecule has 1 aromatic heterocycles. The normalized spacial score (nSPS) is 10.7. The standard InChI is InChI=1S/C12H14FN3/c1-14-7-12-11(8-16(2)15-12)9-3-5-10(13)6-4-9/h3-6,8,14H,7H2,1-2H3. The third-order valence-electron chi connectivity index (χ3n) is 2.40. The van der Waals surface area contributed by atoms with E-state index in [1.165, 1.54) is 12.1 Å². The Balaban J connectivity index is 2.42. The van der Waals surface area contributed by atoms with E-state index in [0.29, 0.717) is 6.54 Å². The molecule has 0 fully saturated rings. The molecule has 0 bridgehead atoms. The van der Waals surface area contributed by atoms with Crippen LogP contribution >= 0.6 is 0 Å². The summed E-state index contributed by atoms with van der Waals surface area (Å²) in [6.45, 7) is 0.702. The van der Waals surface area contributed by atoms with Gasteiger partial charge in [-0.15, -0.1) is 0 Å². The zero-order valence-corrected chi connectivity index (χ0v) is 9.37. The maximum atomic E-state index is 12.8. The monoisotopic (exact) mass is 219 g/mol. The second-order valence-electron chi connectivity index (χ2n) is 3.70. The van der Waals surface area contributed by atoms with Gasteiger partial charge in [-0.25, -0.2) is 4.39 Å². The summed E-state index contributed by atoms with van der Waals surface area (Å²) in [5.41, 5.74) is 2.99. The van der Waals surface area contributed by atoms with Crippen LogP contribution in [0, 0.1) is 5.82 Å². The highest BCUT2D eigenvalue weighted by atomic mass is 19.1. The second kappa shape index (κ2) is 4.45. The van der Waals surface area contributed by atoms with Crippen molar-refractivity contribution in [1.82, 2.24) is 15.1 Å². The van der Waals surface area contributed by atoms with Crippen molar-refractivity contribution in [2.24, 2.45) is 7.05 Å². The first kappa shape index (κ1) is 10.8. The van der Waals surface area contributed by atoms with Crippen LogP contribution in [0.1, 0.15) is 5.69 Å². The summed E-state index contributed by atoms with van der Waals surface area (Å²) < 4.78 is 14.6. The molecule has 1 N–H and O–H groups in total. The van der Waals surface area contributed by atoms with E-state index in [0.717, 1.165) is 16.8 Å². The zero-order valence-electron chi connectivity index (χ0n) is 9.37. The van der Waals surface area contributed by atoms with Crippen LogP contribution in [0.25, 0.3) is 11.1 Å². The molecule has 0 aliphatic carbocycles. The van der Waals surface area contributed by atoms with Gasteiger partial charge in [0.2, 0.25) is 0 Å². The zero-order chi connectivity index (χ0) is 11.5. The van der Waals surface area contributed by atoms with Gasteiger partial charge in [0.15, 0.2) is 0 Å². The number of hydrogen-bond acceptors (Lipinski definition) is 2. The smallest absolute Gasteiger partial charge is 0.123 e. The number of hydrogen-bond donors (Lipinski definition) is 1. The fourth-order valence-electron chi connectivity index (χ4n) is 1.70. The molecule has 3 nitrogen and oxygen atoms in total. The van der Waals surface area contributed by atoms with Crippen molar-refractivity contribution in [1.29, 1.82) is 0 Å². The number of nitrogens with zero attached hydrogens (tertiary/aromatic N) is 2. The van der Waals surface area contributed by atoms with Gasteiger partial charge in [-0.3, -0.25) is 4.68 Å². The molecule has 2 rings (SSSR count). The van der Waals surface area contributed by atoms with Crippen molar-refractivity contribution >= 4 is 0 Å². The lowest BCUT2D eigenvalue weighted by Gasteiger charge is -2.01. The van der Waals surface area contributed by atoms with E-state index in [9.17, 15) is 4.39 Å². The molecule has 84 valence electrons. The van der Waals surface area contributed by atoms with Crippen molar-refractivity contribution in [3.05, 3.63) is 42.0 Å². The van der Waals surface area contributed by atoms with Crippen molar-refractivity contribution in [2.75, 3.05) is 7.05 Å². The molecule has 0 atom stereocenters. The summed E-state index contributed by atoms with van der Waals surface area (Å²) in [6.07, 6.45) is 1.94. The molecule has 1 aromatic carbocycles. The van der Waals surface area contributed by atoms with E-state index in [4.69, 9.17) is 0 Å². The fourth-order valence-corrected chi connectivity index (χ4v) is 1.70. The van der Waals surface area contributed by atoms with Crippen molar-refractivity contribution in [3.8, 4) is 11.1 Å². The average Bonchev–Trinajstić information content (AvgIpc) is 2.61. The maximum Gasteiger partial charge on any atom is 0.123 e. The van der Waals surface area contributed by atoms with E-state index in [-0.39, 0.29) is 5.82 Å². The third-order valence-corrected chi connectivity index (χ3v) is 2.40. The van der Waals surface area contributed by atoms with Crippen LogP contribution in [0.4, 0.5) is 4.39 Å². The molecule has 0 saturated carbocycles. The number of benzene rings is 1. The van der Waals surface area contributed by atoms with Gasteiger partial charge in [-0.05, 0) is 24.7 Å². The number of halogens is 1. The summed E-state index contributed by atoms with van der Waals surface area (Å²) >= 11 is 0. The number of aryl methyl sites for hydroxylation is 1. The van der Waals surface area contributed by atoms with Crippen LogP contribution in [0.5, 0.6) is 0 Å². The Morgan fingerprint density at radius 1 is 1.31 bits per heavy atom. The van der Waals surface area contributed by atoms with Crippen LogP contribution in [-0.4, -0.2) is 16.8 Å². The van der Waals surface area contributed by atoms with E-state index < -0.39 is 0 Å². The molecule has 16 heavy (non-hydrogen) atoms. The first-order valence-corrected chi connectivity index (χ1v) is 5.14. The Morgan fingerprint density at radius 3 is 2.62 bits per heavy atom. The maximum absolute atomic E-state index is 12.8. The Bertz CT molecular complexity index is 474. The van der Waals surface area contributed by atoms with Gasteiger partial charge in [-0.2, -0.15) is 5.10 Å². The molecule has 0 aliphatic rings.